The molecular weight excluding hydrogens is 168 g/mol. The monoisotopic (exact) mass is 198 g/mol. The third kappa shape index (κ3) is 5.02. The second-order valence-corrected chi connectivity index (χ2v) is 5.14. The largest absolute Gasteiger partial charge is 0.0654 e. The molecule has 0 aliphatic rings. The fraction of sp³-hybridized carbons (Fsp3) is 1.00. The molecule has 0 spiro atoms. The molecule has 1 atom stereocenters. The molecule has 0 aliphatic carbocycles. The lowest BCUT2D eigenvalue weighted by Gasteiger charge is -2.31. The molecule has 14 heavy (non-hydrogen) atoms. The molecule has 0 heterocycles. The number of rotatable bonds is 8. The van der Waals surface area contributed by atoms with Crippen LogP contribution in [0.5, 0.6) is 0 Å². The zero-order valence-electron chi connectivity index (χ0n) is 11.0. The van der Waals surface area contributed by atoms with Crippen molar-refractivity contribution in [3.63, 3.8) is 0 Å². The van der Waals surface area contributed by atoms with Gasteiger partial charge in [0.25, 0.3) is 0 Å². The van der Waals surface area contributed by atoms with Crippen molar-refractivity contribution in [2.75, 3.05) is 0 Å². The molecule has 0 bridgehead atoms. The Bertz CT molecular complexity index is 122. The van der Waals surface area contributed by atoms with E-state index in [1.54, 1.807) is 0 Å². The highest BCUT2D eigenvalue weighted by molar-refractivity contribution is 4.74. The summed E-state index contributed by atoms with van der Waals surface area (Å²) in [7, 11) is 0. The van der Waals surface area contributed by atoms with Gasteiger partial charge in [-0.25, -0.2) is 0 Å². The van der Waals surface area contributed by atoms with Crippen LogP contribution in [0.25, 0.3) is 0 Å². The number of unbranched alkanes of at least 4 members (excludes halogenated alkanes) is 1. The number of hydrogen-bond donors (Lipinski definition) is 0. The van der Waals surface area contributed by atoms with Crippen molar-refractivity contribution in [1.82, 2.24) is 0 Å². The predicted octanol–water partition coefficient (Wildman–Crippen LogP) is 5.42. The first-order valence-corrected chi connectivity index (χ1v) is 6.61. The Morgan fingerprint density at radius 3 is 1.93 bits per heavy atom. The second kappa shape index (κ2) is 7.31. The molecule has 0 aromatic carbocycles. The lowest BCUT2D eigenvalue weighted by molar-refractivity contribution is 0.208. The van der Waals surface area contributed by atoms with Crippen LogP contribution >= 0.6 is 0 Å². The van der Waals surface area contributed by atoms with Gasteiger partial charge in [0.1, 0.15) is 0 Å². The summed E-state index contributed by atoms with van der Waals surface area (Å²) in [5, 5.41) is 0. The third-order valence-electron chi connectivity index (χ3n) is 4.03. The fourth-order valence-electron chi connectivity index (χ4n) is 2.18. The van der Waals surface area contributed by atoms with Gasteiger partial charge in [-0.2, -0.15) is 0 Å². The van der Waals surface area contributed by atoms with Crippen molar-refractivity contribution in [2.45, 2.75) is 79.6 Å². The van der Waals surface area contributed by atoms with E-state index in [0.717, 1.165) is 5.92 Å². The van der Waals surface area contributed by atoms with Gasteiger partial charge in [-0.05, 0) is 17.8 Å². The van der Waals surface area contributed by atoms with Crippen molar-refractivity contribution in [1.29, 1.82) is 0 Å². The van der Waals surface area contributed by atoms with Gasteiger partial charge in [0.2, 0.25) is 0 Å². The normalized spacial score (nSPS) is 14.4. The van der Waals surface area contributed by atoms with Gasteiger partial charge in [0, 0.05) is 0 Å². The van der Waals surface area contributed by atoms with Crippen molar-refractivity contribution >= 4 is 0 Å². The molecule has 0 saturated heterocycles. The van der Waals surface area contributed by atoms with E-state index in [9.17, 15) is 0 Å². The summed E-state index contributed by atoms with van der Waals surface area (Å²) >= 11 is 0. The van der Waals surface area contributed by atoms with E-state index in [-0.39, 0.29) is 0 Å². The van der Waals surface area contributed by atoms with Crippen LogP contribution in [0.4, 0.5) is 0 Å². The van der Waals surface area contributed by atoms with Crippen LogP contribution in [0.15, 0.2) is 0 Å². The standard InChI is InChI=1S/C14H30/c1-6-10-11-13(7-2)12-14(5,8-3)9-4/h13H,6-12H2,1-5H3. The van der Waals surface area contributed by atoms with Gasteiger partial charge in [-0.15, -0.1) is 0 Å². The van der Waals surface area contributed by atoms with Crippen molar-refractivity contribution in [2.24, 2.45) is 11.3 Å². The second-order valence-electron chi connectivity index (χ2n) is 5.14. The smallest absolute Gasteiger partial charge is 0.0328 e. The third-order valence-corrected chi connectivity index (χ3v) is 4.03. The molecule has 0 aromatic heterocycles. The molecule has 0 rings (SSSR count). The van der Waals surface area contributed by atoms with E-state index in [1.807, 2.05) is 0 Å². The summed E-state index contributed by atoms with van der Waals surface area (Å²) in [4.78, 5) is 0. The molecule has 0 aromatic rings. The highest BCUT2D eigenvalue weighted by atomic mass is 14.3. The lowest BCUT2D eigenvalue weighted by Crippen LogP contribution is -2.18. The van der Waals surface area contributed by atoms with E-state index < -0.39 is 0 Å². The lowest BCUT2D eigenvalue weighted by atomic mass is 9.75. The van der Waals surface area contributed by atoms with E-state index in [4.69, 9.17) is 0 Å². The quantitative estimate of drug-likeness (QED) is 0.488. The topological polar surface area (TPSA) is 0 Å². The minimum Gasteiger partial charge on any atom is -0.0654 e. The Kier molecular flexibility index (Phi) is 7.31. The van der Waals surface area contributed by atoms with E-state index in [1.165, 1.54) is 44.9 Å². The molecule has 86 valence electrons. The minimum absolute atomic E-state index is 0.606. The summed E-state index contributed by atoms with van der Waals surface area (Å²) in [6.07, 6.45) is 9.71. The van der Waals surface area contributed by atoms with E-state index in [0.29, 0.717) is 5.41 Å². The number of hydrogen-bond acceptors (Lipinski definition) is 0. The van der Waals surface area contributed by atoms with Gasteiger partial charge < -0.3 is 0 Å². The van der Waals surface area contributed by atoms with Gasteiger partial charge in [0.05, 0.1) is 0 Å². The SMILES string of the molecule is CCCCC(CC)CC(C)(CC)CC. The highest BCUT2D eigenvalue weighted by Crippen LogP contribution is 2.35. The van der Waals surface area contributed by atoms with E-state index in [2.05, 4.69) is 34.6 Å². The summed E-state index contributed by atoms with van der Waals surface area (Å²) in [5.41, 5.74) is 0.606. The Labute approximate surface area is 91.5 Å². The van der Waals surface area contributed by atoms with Gasteiger partial charge in [0.15, 0.2) is 0 Å². The van der Waals surface area contributed by atoms with Crippen molar-refractivity contribution < 1.29 is 0 Å². The Morgan fingerprint density at radius 2 is 1.57 bits per heavy atom. The van der Waals surface area contributed by atoms with Gasteiger partial charge in [-0.1, -0.05) is 73.1 Å². The minimum atomic E-state index is 0.606. The Morgan fingerprint density at radius 1 is 1.00 bits per heavy atom. The zero-order valence-corrected chi connectivity index (χ0v) is 11.0. The predicted molar refractivity (Wildman–Crippen MR) is 66.6 cm³/mol. The molecule has 0 fully saturated rings. The maximum absolute atomic E-state index is 2.46. The average molecular weight is 198 g/mol. The zero-order chi connectivity index (χ0) is 11.0. The van der Waals surface area contributed by atoms with Gasteiger partial charge >= 0.3 is 0 Å². The fourth-order valence-corrected chi connectivity index (χ4v) is 2.18. The van der Waals surface area contributed by atoms with E-state index >= 15 is 0 Å². The Balaban J connectivity index is 4.00. The molecule has 0 N–H and O–H groups in total. The average Bonchev–Trinajstić information content (AvgIpc) is 2.23. The molecular formula is C14H30. The van der Waals surface area contributed by atoms with Crippen LogP contribution in [0, 0.1) is 11.3 Å². The first-order valence-electron chi connectivity index (χ1n) is 6.61. The first-order chi connectivity index (χ1) is 6.61. The van der Waals surface area contributed by atoms with Crippen LogP contribution in [-0.2, 0) is 0 Å². The molecule has 0 saturated carbocycles. The summed E-state index contributed by atoms with van der Waals surface area (Å²) in [6, 6.07) is 0. The molecule has 0 amide bonds. The van der Waals surface area contributed by atoms with Crippen LogP contribution < -0.4 is 0 Å². The molecule has 0 aliphatic heterocycles. The molecule has 0 nitrogen and oxygen atoms in total. The van der Waals surface area contributed by atoms with Gasteiger partial charge in [-0.3, -0.25) is 0 Å². The van der Waals surface area contributed by atoms with Crippen LogP contribution in [0.2, 0.25) is 0 Å². The molecule has 0 radical (unpaired) electrons. The maximum atomic E-state index is 2.46. The van der Waals surface area contributed by atoms with Crippen molar-refractivity contribution in [3.05, 3.63) is 0 Å². The first kappa shape index (κ1) is 14.0. The molecule has 1 unspecified atom stereocenters. The summed E-state index contributed by atoms with van der Waals surface area (Å²) in [6.45, 7) is 11.8. The van der Waals surface area contributed by atoms with Crippen molar-refractivity contribution in [3.8, 4) is 0 Å². The van der Waals surface area contributed by atoms with Crippen LogP contribution in [0.1, 0.15) is 79.6 Å². The van der Waals surface area contributed by atoms with Crippen LogP contribution in [0.3, 0.4) is 0 Å². The Hall–Kier alpha value is 0. The highest BCUT2D eigenvalue weighted by Gasteiger charge is 2.23. The summed E-state index contributed by atoms with van der Waals surface area (Å²) in [5.74, 6) is 0.972. The van der Waals surface area contributed by atoms with Crippen LogP contribution in [-0.4, -0.2) is 0 Å². The molecule has 0 heteroatoms. The summed E-state index contributed by atoms with van der Waals surface area (Å²) < 4.78 is 0. The maximum Gasteiger partial charge on any atom is -0.0328 e.